The van der Waals surface area contributed by atoms with Gasteiger partial charge in [-0.2, -0.15) is 5.11 Å². The molecule has 190 valence electrons. The first-order valence-corrected chi connectivity index (χ1v) is 11.9. The van der Waals surface area contributed by atoms with Gasteiger partial charge in [-0.1, -0.05) is 23.2 Å². The van der Waals surface area contributed by atoms with E-state index in [0.717, 1.165) is 0 Å². The molecule has 2 aromatic rings. The third kappa shape index (κ3) is 7.47. The highest BCUT2D eigenvalue weighted by Crippen LogP contribution is 2.43. The van der Waals surface area contributed by atoms with Crippen molar-refractivity contribution in [3.05, 3.63) is 34.3 Å². The van der Waals surface area contributed by atoms with E-state index in [0.29, 0.717) is 42.9 Å². The van der Waals surface area contributed by atoms with Crippen LogP contribution in [0.3, 0.4) is 0 Å². The molecule has 0 saturated carbocycles. The van der Waals surface area contributed by atoms with Gasteiger partial charge >= 0.3 is 0 Å². The number of azo groups is 1. The van der Waals surface area contributed by atoms with Gasteiger partial charge in [-0.05, 0) is 52.8 Å². The minimum Gasteiger partial charge on any atom is -0.490 e. The molecule has 1 amide bonds. The number of ether oxygens (including phenoxy) is 4. The molecule has 0 heterocycles. The molecule has 0 aromatic heterocycles. The van der Waals surface area contributed by atoms with Crippen molar-refractivity contribution in [3.63, 3.8) is 0 Å². The minimum absolute atomic E-state index is 0.148. The van der Waals surface area contributed by atoms with E-state index in [1.54, 1.807) is 32.0 Å². The summed E-state index contributed by atoms with van der Waals surface area (Å²) in [6, 6.07) is 4.82. The molecule has 1 N–H and O–H groups in total. The summed E-state index contributed by atoms with van der Waals surface area (Å²) >= 11 is 12.5. The second-order valence-corrected chi connectivity index (χ2v) is 7.80. The monoisotopic (exact) mass is 525 g/mol. The van der Waals surface area contributed by atoms with Gasteiger partial charge in [0.05, 0.1) is 37.1 Å². The highest BCUT2D eigenvalue weighted by molar-refractivity contribution is 6.33. The number of Topliss-reactive ketones (excluding diaryl/α,β-unsaturated/α-hetero) is 1. The van der Waals surface area contributed by atoms with Gasteiger partial charge in [0.2, 0.25) is 6.04 Å². The fourth-order valence-electron chi connectivity index (χ4n) is 3.03. The second kappa shape index (κ2) is 13.7. The molecule has 11 heteroatoms. The quantitative estimate of drug-likeness (QED) is 0.244. The molecule has 0 saturated heterocycles. The smallest absolute Gasteiger partial charge is 0.258 e. The largest absolute Gasteiger partial charge is 0.490 e. The molecule has 1 atom stereocenters. The number of carbonyl (C=O) groups is 2. The fourth-order valence-corrected chi connectivity index (χ4v) is 3.42. The van der Waals surface area contributed by atoms with Gasteiger partial charge < -0.3 is 24.3 Å². The molecule has 9 nitrogen and oxygen atoms in total. The van der Waals surface area contributed by atoms with Crippen molar-refractivity contribution in [2.24, 2.45) is 10.2 Å². The Morgan fingerprint density at radius 1 is 0.886 bits per heavy atom. The predicted molar refractivity (Wildman–Crippen MR) is 135 cm³/mol. The van der Waals surface area contributed by atoms with Crippen LogP contribution in [0.4, 0.5) is 11.4 Å². The lowest BCUT2D eigenvalue weighted by Crippen LogP contribution is -2.32. The first-order valence-electron chi connectivity index (χ1n) is 11.2. The third-order valence-corrected chi connectivity index (χ3v) is 4.93. The van der Waals surface area contributed by atoms with E-state index in [-0.39, 0.29) is 27.9 Å². The van der Waals surface area contributed by atoms with Gasteiger partial charge in [0.1, 0.15) is 5.69 Å². The zero-order valence-corrected chi connectivity index (χ0v) is 21.8. The van der Waals surface area contributed by atoms with Gasteiger partial charge in [-0.25, -0.2) is 0 Å². The van der Waals surface area contributed by atoms with Crippen molar-refractivity contribution in [1.29, 1.82) is 0 Å². The number of nitrogens with zero attached hydrogens (tertiary/aromatic N) is 2. The summed E-state index contributed by atoms with van der Waals surface area (Å²) in [5, 5.41) is 11.3. The van der Waals surface area contributed by atoms with Crippen molar-refractivity contribution < 1.29 is 28.5 Å². The minimum atomic E-state index is -1.47. The lowest BCUT2D eigenvalue weighted by Gasteiger charge is -2.17. The molecule has 0 spiro atoms. The van der Waals surface area contributed by atoms with Crippen LogP contribution in [-0.4, -0.2) is 44.2 Å². The number of nitrogens with one attached hydrogen (secondary N) is 1. The lowest BCUT2D eigenvalue weighted by molar-refractivity contribution is -0.126. The van der Waals surface area contributed by atoms with Crippen molar-refractivity contribution in [2.75, 3.05) is 31.7 Å². The molecule has 0 aliphatic rings. The molecule has 2 aromatic carbocycles. The van der Waals surface area contributed by atoms with Crippen molar-refractivity contribution in [1.82, 2.24) is 0 Å². The predicted octanol–water partition coefficient (Wildman–Crippen LogP) is 6.27. The Bertz CT molecular complexity index is 1080. The number of halogens is 2. The topological polar surface area (TPSA) is 108 Å². The summed E-state index contributed by atoms with van der Waals surface area (Å²) in [6.45, 7) is 9.84. The zero-order chi connectivity index (χ0) is 26.0. The summed E-state index contributed by atoms with van der Waals surface area (Å²) < 4.78 is 22.5. The van der Waals surface area contributed by atoms with E-state index in [2.05, 4.69) is 15.5 Å². The number of benzene rings is 2. The summed E-state index contributed by atoms with van der Waals surface area (Å²) in [5.74, 6) is 0.0631. The normalized spacial score (nSPS) is 11.7. The maximum absolute atomic E-state index is 13.1. The first kappa shape index (κ1) is 28.2. The van der Waals surface area contributed by atoms with Crippen LogP contribution in [0.25, 0.3) is 0 Å². The van der Waals surface area contributed by atoms with E-state index in [1.165, 1.54) is 13.0 Å². The highest BCUT2D eigenvalue weighted by atomic mass is 35.5. The van der Waals surface area contributed by atoms with Gasteiger partial charge in [0.15, 0.2) is 28.8 Å². The molecule has 0 bridgehead atoms. The maximum Gasteiger partial charge on any atom is 0.258 e. The number of ketones is 1. The summed E-state index contributed by atoms with van der Waals surface area (Å²) in [5.41, 5.74) is 0.385. The number of amides is 1. The zero-order valence-electron chi connectivity index (χ0n) is 20.3. The lowest BCUT2D eigenvalue weighted by atomic mass is 10.2. The van der Waals surface area contributed by atoms with Gasteiger partial charge in [0.25, 0.3) is 5.91 Å². The number of rotatable bonds is 13. The SMILES string of the molecule is CCOc1cc(Cl)cc(NC(=O)C(N=Nc2c(Cl)ccc(OCC)c2OCC)C(C)=O)c1OCC. The fraction of sp³-hybridized carbons (Fsp3) is 0.417. The number of anilines is 1. The molecule has 0 fully saturated rings. The van der Waals surface area contributed by atoms with Crippen LogP contribution in [0.15, 0.2) is 34.5 Å². The Hall–Kier alpha value is -3.04. The second-order valence-electron chi connectivity index (χ2n) is 6.95. The summed E-state index contributed by atoms with van der Waals surface area (Å²) in [7, 11) is 0. The van der Waals surface area contributed by atoms with Crippen LogP contribution in [0, 0.1) is 0 Å². The van der Waals surface area contributed by atoms with Gasteiger partial charge in [-0.3, -0.25) is 9.59 Å². The molecular weight excluding hydrogens is 497 g/mol. The van der Waals surface area contributed by atoms with Crippen LogP contribution >= 0.6 is 23.2 Å². The van der Waals surface area contributed by atoms with E-state index in [4.69, 9.17) is 42.1 Å². The van der Waals surface area contributed by atoms with Crippen LogP contribution in [0.1, 0.15) is 34.6 Å². The van der Waals surface area contributed by atoms with Crippen LogP contribution in [0.5, 0.6) is 23.0 Å². The molecule has 0 aliphatic heterocycles. The molecule has 0 aliphatic carbocycles. The number of carbonyl (C=O) groups excluding carboxylic acids is 2. The molecule has 35 heavy (non-hydrogen) atoms. The van der Waals surface area contributed by atoms with Gasteiger partial charge in [-0.15, -0.1) is 5.11 Å². The molecular formula is C24H29Cl2N3O6. The maximum atomic E-state index is 13.1. The standard InChI is InChI=1S/C24H29Cl2N3O6/c1-6-32-18-11-10-16(26)21(23(18)35-9-4)29-28-20(14(5)30)24(31)27-17-12-15(25)13-19(33-7-2)22(17)34-8-3/h10-13,20H,6-9H2,1-5H3,(H,27,31). The first-order chi connectivity index (χ1) is 16.8. The molecule has 2 rings (SSSR count). The molecule has 0 radical (unpaired) electrons. The van der Waals surface area contributed by atoms with Crippen molar-refractivity contribution in [3.8, 4) is 23.0 Å². The Labute approximate surface area is 214 Å². The molecule has 1 unspecified atom stereocenters. The Balaban J connectivity index is 2.43. The van der Waals surface area contributed by atoms with E-state index < -0.39 is 17.7 Å². The Kier molecular flexibility index (Phi) is 11.1. The van der Waals surface area contributed by atoms with Gasteiger partial charge in [0, 0.05) is 11.1 Å². The van der Waals surface area contributed by atoms with Crippen LogP contribution in [0.2, 0.25) is 10.0 Å². The van der Waals surface area contributed by atoms with Crippen LogP contribution in [-0.2, 0) is 9.59 Å². The summed E-state index contributed by atoms with van der Waals surface area (Å²) in [6.07, 6.45) is 0. The van der Waals surface area contributed by atoms with Crippen LogP contribution < -0.4 is 24.3 Å². The number of hydrogen-bond donors (Lipinski definition) is 1. The van der Waals surface area contributed by atoms with Crippen molar-refractivity contribution in [2.45, 2.75) is 40.7 Å². The van der Waals surface area contributed by atoms with E-state index in [9.17, 15) is 9.59 Å². The average molecular weight is 526 g/mol. The Morgan fingerprint density at radius 2 is 1.49 bits per heavy atom. The Morgan fingerprint density at radius 3 is 2.09 bits per heavy atom. The van der Waals surface area contributed by atoms with E-state index in [1.807, 2.05) is 13.8 Å². The highest BCUT2D eigenvalue weighted by Gasteiger charge is 2.26. The average Bonchev–Trinajstić information content (AvgIpc) is 2.79. The van der Waals surface area contributed by atoms with E-state index >= 15 is 0 Å². The van der Waals surface area contributed by atoms with Crippen molar-refractivity contribution >= 4 is 46.3 Å². The summed E-state index contributed by atoms with van der Waals surface area (Å²) in [4.78, 5) is 25.4. The number of hydrogen-bond acceptors (Lipinski definition) is 8. The third-order valence-electron chi connectivity index (χ3n) is 4.41.